The van der Waals surface area contributed by atoms with Gasteiger partial charge in [-0.05, 0) is 37.5 Å². The number of aromatic nitrogens is 1. The first-order valence-corrected chi connectivity index (χ1v) is 8.80. The minimum absolute atomic E-state index is 0.00799. The second-order valence-corrected chi connectivity index (χ2v) is 6.67. The molecule has 0 aliphatic carbocycles. The van der Waals surface area contributed by atoms with Gasteiger partial charge < -0.3 is 15.0 Å². The normalized spacial score (nSPS) is 15.0. The van der Waals surface area contributed by atoms with Gasteiger partial charge in [-0.1, -0.05) is 12.1 Å². The number of amides is 1. The van der Waals surface area contributed by atoms with Gasteiger partial charge in [0.1, 0.15) is 5.82 Å². The fourth-order valence-electron chi connectivity index (χ4n) is 3.30. The van der Waals surface area contributed by atoms with Gasteiger partial charge in [0.05, 0.1) is 24.7 Å². The van der Waals surface area contributed by atoms with Crippen LogP contribution >= 0.6 is 0 Å². The van der Waals surface area contributed by atoms with E-state index >= 15 is 0 Å². The lowest BCUT2D eigenvalue weighted by Crippen LogP contribution is -2.44. The van der Waals surface area contributed by atoms with Gasteiger partial charge in [-0.15, -0.1) is 0 Å². The van der Waals surface area contributed by atoms with Crippen molar-refractivity contribution < 1.29 is 13.9 Å². The summed E-state index contributed by atoms with van der Waals surface area (Å²) in [5, 5.41) is 2.98. The number of benzene rings is 1. The standard InChI is InChI=1S/C20H24FN3O2/c1-13-4-5-15(10-17(13)21)18-11-19(20(26-3)12-22-18)24-8-6-16(7-9-24)23-14(2)25/h4-5,10-12,16H,6-9H2,1-3H3,(H,23,25). The molecule has 1 fully saturated rings. The molecule has 1 aliphatic heterocycles. The smallest absolute Gasteiger partial charge is 0.217 e. The van der Waals surface area contributed by atoms with Crippen molar-refractivity contribution in [1.82, 2.24) is 10.3 Å². The van der Waals surface area contributed by atoms with Crippen LogP contribution in [-0.4, -0.2) is 37.1 Å². The van der Waals surface area contributed by atoms with Crippen molar-refractivity contribution in [3.63, 3.8) is 0 Å². The molecular weight excluding hydrogens is 333 g/mol. The summed E-state index contributed by atoms with van der Waals surface area (Å²) in [6.07, 6.45) is 3.43. The van der Waals surface area contributed by atoms with Crippen LogP contribution in [-0.2, 0) is 4.79 Å². The third kappa shape index (κ3) is 3.95. The highest BCUT2D eigenvalue weighted by Crippen LogP contribution is 2.33. The summed E-state index contributed by atoms with van der Waals surface area (Å²) < 4.78 is 19.4. The lowest BCUT2D eigenvalue weighted by atomic mass is 10.0. The molecule has 0 saturated carbocycles. The van der Waals surface area contributed by atoms with Crippen molar-refractivity contribution >= 4 is 11.6 Å². The molecule has 6 heteroatoms. The van der Waals surface area contributed by atoms with E-state index in [1.54, 1.807) is 33.2 Å². The first-order chi connectivity index (χ1) is 12.5. The monoisotopic (exact) mass is 357 g/mol. The van der Waals surface area contributed by atoms with Crippen LogP contribution in [0.4, 0.5) is 10.1 Å². The molecule has 26 heavy (non-hydrogen) atoms. The van der Waals surface area contributed by atoms with Crippen LogP contribution in [0.25, 0.3) is 11.3 Å². The lowest BCUT2D eigenvalue weighted by molar-refractivity contribution is -0.119. The molecule has 1 aromatic heterocycles. The molecule has 3 rings (SSSR count). The number of ether oxygens (including phenoxy) is 1. The summed E-state index contributed by atoms with van der Waals surface area (Å²) in [5.41, 5.74) is 3.01. The number of hydrogen-bond donors (Lipinski definition) is 1. The highest BCUT2D eigenvalue weighted by molar-refractivity contribution is 5.73. The van der Waals surface area contributed by atoms with E-state index in [9.17, 15) is 9.18 Å². The summed E-state index contributed by atoms with van der Waals surface area (Å²) >= 11 is 0. The number of halogens is 1. The van der Waals surface area contributed by atoms with Crippen molar-refractivity contribution in [3.8, 4) is 17.0 Å². The number of carbonyl (C=O) groups excluding carboxylic acids is 1. The predicted molar refractivity (Wildman–Crippen MR) is 100.0 cm³/mol. The van der Waals surface area contributed by atoms with Crippen LogP contribution < -0.4 is 15.0 Å². The van der Waals surface area contributed by atoms with E-state index in [1.165, 1.54) is 6.07 Å². The Morgan fingerprint density at radius 1 is 1.31 bits per heavy atom. The number of piperidine rings is 1. The molecule has 1 N–H and O–H groups in total. The van der Waals surface area contributed by atoms with E-state index in [4.69, 9.17) is 4.74 Å². The van der Waals surface area contributed by atoms with Crippen LogP contribution in [0.2, 0.25) is 0 Å². The molecule has 5 nitrogen and oxygen atoms in total. The third-order valence-corrected chi connectivity index (χ3v) is 4.78. The average molecular weight is 357 g/mol. The number of aryl methyl sites for hydroxylation is 1. The molecule has 0 unspecified atom stereocenters. The van der Waals surface area contributed by atoms with Gasteiger partial charge in [-0.3, -0.25) is 9.78 Å². The van der Waals surface area contributed by atoms with Gasteiger partial charge in [0.15, 0.2) is 5.75 Å². The molecule has 1 amide bonds. The van der Waals surface area contributed by atoms with Gasteiger partial charge >= 0.3 is 0 Å². The van der Waals surface area contributed by atoms with E-state index in [0.717, 1.165) is 37.2 Å². The fraction of sp³-hybridized carbons (Fsp3) is 0.400. The summed E-state index contributed by atoms with van der Waals surface area (Å²) in [6.45, 7) is 4.91. The number of pyridine rings is 1. The Hall–Kier alpha value is -2.63. The summed E-state index contributed by atoms with van der Waals surface area (Å²) in [7, 11) is 1.62. The highest BCUT2D eigenvalue weighted by atomic mass is 19.1. The average Bonchev–Trinajstić information content (AvgIpc) is 2.63. The van der Waals surface area contributed by atoms with Crippen LogP contribution in [0.5, 0.6) is 5.75 Å². The van der Waals surface area contributed by atoms with Gasteiger partial charge in [0.25, 0.3) is 0 Å². The Labute approximate surface area is 153 Å². The van der Waals surface area contributed by atoms with Crippen LogP contribution in [0.3, 0.4) is 0 Å². The second-order valence-electron chi connectivity index (χ2n) is 6.67. The number of methoxy groups -OCH3 is 1. The first kappa shape index (κ1) is 18.2. The first-order valence-electron chi connectivity index (χ1n) is 8.80. The molecule has 0 spiro atoms. The Morgan fingerprint density at radius 2 is 2.04 bits per heavy atom. The Balaban J connectivity index is 1.84. The zero-order valence-electron chi connectivity index (χ0n) is 15.4. The van der Waals surface area contributed by atoms with Crippen molar-refractivity contribution in [3.05, 3.63) is 41.8 Å². The number of rotatable bonds is 4. The Bertz CT molecular complexity index is 802. The maximum atomic E-state index is 13.9. The van der Waals surface area contributed by atoms with Gasteiger partial charge in [0.2, 0.25) is 5.91 Å². The minimum Gasteiger partial charge on any atom is -0.493 e. The molecule has 2 aromatic rings. The Morgan fingerprint density at radius 3 is 2.65 bits per heavy atom. The molecule has 1 aliphatic rings. The second kappa shape index (κ2) is 7.72. The van der Waals surface area contributed by atoms with E-state index in [-0.39, 0.29) is 17.8 Å². The van der Waals surface area contributed by atoms with E-state index in [1.807, 2.05) is 12.1 Å². The maximum absolute atomic E-state index is 13.9. The summed E-state index contributed by atoms with van der Waals surface area (Å²) in [5.74, 6) is 0.464. The zero-order chi connectivity index (χ0) is 18.7. The SMILES string of the molecule is COc1cnc(-c2ccc(C)c(F)c2)cc1N1CCC(NC(C)=O)CC1. The van der Waals surface area contributed by atoms with E-state index < -0.39 is 0 Å². The zero-order valence-corrected chi connectivity index (χ0v) is 15.4. The predicted octanol–water partition coefficient (Wildman–Crippen LogP) is 3.31. The van der Waals surface area contributed by atoms with Crippen molar-refractivity contribution in [2.24, 2.45) is 0 Å². The molecule has 138 valence electrons. The number of hydrogen-bond acceptors (Lipinski definition) is 4. The maximum Gasteiger partial charge on any atom is 0.217 e. The number of anilines is 1. The van der Waals surface area contributed by atoms with E-state index in [0.29, 0.717) is 17.0 Å². The van der Waals surface area contributed by atoms with Crippen LogP contribution in [0, 0.1) is 12.7 Å². The minimum atomic E-state index is -0.238. The van der Waals surface area contributed by atoms with E-state index in [2.05, 4.69) is 15.2 Å². The molecule has 0 bridgehead atoms. The lowest BCUT2D eigenvalue weighted by Gasteiger charge is -2.34. The summed E-state index contributed by atoms with van der Waals surface area (Å²) in [4.78, 5) is 17.9. The molecule has 1 aromatic carbocycles. The van der Waals surface area contributed by atoms with Crippen molar-refractivity contribution in [2.75, 3.05) is 25.1 Å². The third-order valence-electron chi connectivity index (χ3n) is 4.78. The largest absolute Gasteiger partial charge is 0.493 e. The molecule has 0 atom stereocenters. The van der Waals surface area contributed by atoms with Crippen molar-refractivity contribution in [2.45, 2.75) is 32.7 Å². The van der Waals surface area contributed by atoms with Crippen molar-refractivity contribution in [1.29, 1.82) is 0 Å². The van der Waals surface area contributed by atoms with Gasteiger partial charge in [-0.2, -0.15) is 0 Å². The molecular formula is C20H24FN3O2. The molecule has 2 heterocycles. The Kier molecular flexibility index (Phi) is 5.40. The number of nitrogens with one attached hydrogen (secondary N) is 1. The highest BCUT2D eigenvalue weighted by Gasteiger charge is 2.22. The number of carbonyl (C=O) groups is 1. The topological polar surface area (TPSA) is 54.5 Å². The molecule has 1 saturated heterocycles. The molecule has 0 radical (unpaired) electrons. The fourth-order valence-corrected chi connectivity index (χ4v) is 3.30. The van der Waals surface area contributed by atoms with Gasteiger partial charge in [0, 0.05) is 31.6 Å². The van der Waals surface area contributed by atoms with Gasteiger partial charge in [-0.25, -0.2) is 4.39 Å². The van der Waals surface area contributed by atoms with Crippen LogP contribution in [0.1, 0.15) is 25.3 Å². The number of nitrogens with zero attached hydrogens (tertiary/aromatic N) is 2. The quantitative estimate of drug-likeness (QED) is 0.912. The van der Waals surface area contributed by atoms with Crippen LogP contribution in [0.15, 0.2) is 30.5 Å². The summed E-state index contributed by atoms with van der Waals surface area (Å²) in [6, 6.07) is 7.30.